The molecular formula is C26H27ClF3N7O. The highest BCUT2D eigenvalue weighted by Gasteiger charge is 2.35. The third kappa shape index (κ3) is 5.09. The molecule has 5 rings (SSSR count). The van der Waals surface area contributed by atoms with Gasteiger partial charge < -0.3 is 10.7 Å². The van der Waals surface area contributed by atoms with Crippen LogP contribution in [0.2, 0.25) is 5.02 Å². The Bertz CT molecular complexity index is 1430. The van der Waals surface area contributed by atoms with Crippen molar-refractivity contribution in [3.63, 3.8) is 0 Å². The van der Waals surface area contributed by atoms with Crippen molar-refractivity contribution < 1.29 is 18.0 Å². The number of hydrazine groups is 2. The van der Waals surface area contributed by atoms with Gasteiger partial charge in [-0.3, -0.25) is 19.4 Å². The molecular weight excluding hydrogens is 519 g/mol. The van der Waals surface area contributed by atoms with E-state index in [1.54, 1.807) is 34.1 Å². The monoisotopic (exact) mass is 545 g/mol. The van der Waals surface area contributed by atoms with Crippen molar-refractivity contribution in [2.75, 3.05) is 23.4 Å². The molecule has 3 aromatic rings. The van der Waals surface area contributed by atoms with Crippen molar-refractivity contribution >= 4 is 34.6 Å². The number of rotatable bonds is 6. The van der Waals surface area contributed by atoms with Gasteiger partial charge in [0.25, 0.3) is 5.91 Å². The second kappa shape index (κ2) is 9.97. The number of hydrogen-bond donors (Lipinski definition) is 3. The van der Waals surface area contributed by atoms with Crippen LogP contribution >= 0.6 is 11.6 Å². The summed E-state index contributed by atoms with van der Waals surface area (Å²) in [4.78, 5) is 15.2. The van der Waals surface area contributed by atoms with Gasteiger partial charge in [0.2, 0.25) is 0 Å². The normalized spacial score (nSPS) is 15.8. The highest BCUT2D eigenvalue weighted by molar-refractivity contribution is 6.32. The fourth-order valence-electron chi connectivity index (χ4n) is 4.42. The Kier molecular flexibility index (Phi) is 6.84. The Labute approximate surface area is 223 Å². The Morgan fingerprint density at radius 3 is 2.58 bits per heavy atom. The lowest BCUT2D eigenvalue weighted by molar-refractivity contribution is -0.137. The number of likely N-dealkylation sites (tertiary alicyclic amines) is 1. The van der Waals surface area contributed by atoms with E-state index < -0.39 is 17.6 Å². The highest BCUT2D eigenvalue weighted by Crippen LogP contribution is 2.39. The van der Waals surface area contributed by atoms with E-state index >= 15 is 0 Å². The third-order valence-electron chi connectivity index (χ3n) is 6.88. The summed E-state index contributed by atoms with van der Waals surface area (Å²) in [6, 6.07) is 7.49. The van der Waals surface area contributed by atoms with Crippen LogP contribution in [0, 0.1) is 13.8 Å². The number of benzene rings is 2. The van der Waals surface area contributed by atoms with Crippen LogP contribution in [0.4, 0.5) is 24.5 Å². The fourth-order valence-corrected chi connectivity index (χ4v) is 4.69. The first kappa shape index (κ1) is 26.1. The number of nitrogens with zero attached hydrogens (tertiary/aromatic N) is 4. The number of halogens is 4. The average Bonchev–Trinajstić information content (AvgIpc) is 3.44. The van der Waals surface area contributed by atoms with Crippen LogP contribution in [0.3, 0.4) is 0 Å². The molecule has 1 saturated heterocycles. The molecule has 0 saturated carbocycles. The van der Waals surface area contributed by atoms with Crippen LogP contribution in [-0.2, 0) is 19.8 Å². The Morgan fingerprint density at radius 1 is 1.18 bits per heavy atom. The van der Waals surface area contributed by atoms with Gasteiger partial charge in [0, 0.05) is 42.3 Å². The lowest BCUT2D eigenvalue weighted by atomic mass is 10.1. The largest absolute Gasteiger partial charge is 0.417 e. The Morgan fingerprint density at radius 2 is 1.95 bits per heavy atom. The number of aryl methyl sites for hydroxylation is 2. The predicted molar refractivity (Wildman–Crippen MR) is 140 cm³/mol. The zero-order chi connectivity index (χ0) is 27.2. The van der Waals surface area contributed by atoms with Gasteiger partial charge in [0.05, 0.1) is 28.2 Å². The van der Waals surface area contributed by atoms with Crippen molar-refractivity contribution in [3.05, 3.63) is 81.3 Å². The molecule has 8 nitrogen and oxygen atoms in total. The standard InChI is InChI=1S/C26H27ClF3N7O/c1-15-5-6-17(10-23(15)37-14-22(33-34-37)20-12-31-35(3)16(20)2)25(38)32-19-9-18(13-36-7-4-8-36)24(27)21(11-19)26(28,29)30/h5-6,9-12,14,33-34H,4,7-8,13H2,1-3H3,(H,32,38). The molecule has 0 unspecified atom stereocenters. The van der Waals surface area contributed by atoms with Crippen molar-refractivity contribution in [2.45, 2.75) is 33.0 Å². The summed E-state index contributed by atoms with van der Waals surface area (Å²) in [5.74, 6) is -0.531. The minimum atomic E-state index is -4.65. The van der Waals surface area contributed by atoms with Gasteiger partial charge in [-0.2, -0.15) is 18.3 Å². The number of anilines is 2. The lowest BCUT2D eigenvalue weighted by Gasteiger charge is -2.31. The second-order valence-electron chi connectivity index (χ2n) is 9.50. The molecule has 3 heterocycles. The van der Waals surface area contributed by atoms with E-state index in [4.69, 9.17) is 11.6 Å². The summed E-state index contributed by atoms with van der Waals surface area (Å²) in [5.41, 5.74) is 10.2. The maximum absolute atomic E-state index is 13.7. The van der Waals surface area contributed by atoms with Crippen LogP contribution in [0.1, 0.15) is 44.7 Å². The van der Waals surface area contributed by atoms with Crippen molar-refractivity contribution in [1.82, 2.24) is 25.6 Å². The van der Waals surface area contributed by atoms with Gasteiger partial charge in [-0.15, -0.1) is 5.53 Å². The molecule has 0 bridgehead atoms. The summed E-state index contributed by atoms with van der Waals surface area (Å²) in [7, 11) is 1.86. The number of amides is 1. The van der Waals surface area contributed by atoms with Gasteiger partial charge in [0.1, 0.15) is 0 Å². The summed E-state index contributed by atoms with van der Waals surface area (Å²) in [5, 5.41) is 8.30. The second-order valence-corrected chi connectivity index (χ2v) is 9.87. The van der Waals surface area contributed by atoms with Crippen LogP contribution < -0.4 is 21.3 Å². The molecule has 2 aliphatic heterocycles. The molecule has 0 atom stereocenters. The van der Waals surface area contributed by atoms with E-state index in [-0.39, 0.29) is 10.7 Å². The molecule has 38 heavy (non-hydrogen) atoms. The summed E-state index contributed by atoms with van der Waals surface area (Å²) in [6.45, 7) is 5.75. The number of carbonyl (C=O) groups is 1. The average molecular weight is 546 g/mol. The van der Waals surface area contributed by atoms with Gasteiger partial charge >= 0.3 is 6.18 Å². The zero-order valence-electron chi connectivity index (χ0n) is 21.1. The molecule has 2 aliphatic rings. The number of carbonyl (C=O) groups excluding carboxylic acids is 1. The van der Waals surface area contributed by atoms with Gasteiger partial charge in [-0.05, 0) is 68.8 Å². The Hall–Kier alpha value is -3.54. The number of aromatic nitrogens is 2. The summed E-state index contributed by atoms with van der Waals surface area (Å²) >= 11 is 6.13. The van der Waals surface area contributed by atoms with Crippen LogP contribution in [0.5, 0.6) is 0 Å². The minimum Gasteiger partial charge on any atom is -0.322 e. The molecule has 3 N–H and O–H groups in total. The smallest absolute Gasteiger partial charge is 0.322 e. The van der Waals surface area contributed by atoms with Crippen molar-refractivity contribution in [3.8, 4) is 0 Å². The highest BCUT2D eigenvalue weighted by atomic mass is 35.5. The molecule has 1 fully saturated rings. The molecule has 0 aliphatic carbocycles. The van der Waals surface area contributed by atoms with E-state index in [0.29, 0.717) is 23.4 Å². The zero-order valence-corrected chi connectivity index (χ0v) is 21.8. The van der Waals surface area contributed by atoms with Crippen LogP contribution in [0.15, 0.2) is 42.7 Å². The molecule has 1 aromatic heterocycles. The number of nitrogens with one attached hydrogen (secondary N) is 3. The predicted octanol–water partition coefficient (Wildman–Crippen LogP) is 4.99. The first-order valence-corrected chi connectivity index (χ1v) is 12.4. The maximum Gasteiger partial charge on any atom is 0.417 e. The summed E-state index contributed by atoms with van der Waals surface area (Å²) in [6.07, 6.45) is -0.0436. The van der Waals surface area contributed by atoms with E-state index in [1.807, 2.05) is 32.0 Å². The van der Waals surface area contributed by atoms with Crippen molar-refractivity contribution in [2.24, 2.45) is 7.05 Å². The molecule has 2 aromatic carbocycles. The molecule has 200 valence electrons. The first-order valence-electron chi connectivity index (χ1n) is 12.1. The topological polar surface area (TPSA) is 77.5 Å². The van der Waals surface area contributed by atoms with E-state index in [2.05, 4.69) is 21.4 Å². The first-order chi connectivity index (χ1) is 18.0. The lowest BCUT2D eigenvalue weighted by Crippen LogP contribution is -2.36. The summed E-state index contributed by atoms with van der Waals surface area (Å²) < 4.78 is 42.9. The Balaban J connectivity index is 1.40. The molecule has 0 radical (unpaired) electrons. The molecule has 0 spiro atoms. The van der Waals surface area contributed by atoms with E-state index in [9.17, 15) is 18.0 Å². The van der Waals surface area contributed by atoms with Crippen molar-refractivity contribution in [1.29, 1.82) is 0 Å². The molecule has 1 amide bonds. The quantitative estimate of drug-likeness (QED) is 0.405. The van der Waals surface area contributed by atoms with E-state index in [1.165, 1.54) is 6.07 Å². The van der Waals surface area contributed by atoms with Gasteiger partial charge in [-0.25, -0.2) is 0 Å². The number of hydrogen-bond acceptors (Lipinski definition) is 6. The van der Waals surface area contributed by atoms with Crippen LogP contribution in [0.25, 0.3) is 5.70 Å². The van der Waals surface area contributed by atoms with Gasteiger partial charge in [-0.1, -0.05) is 17.7 Å². The number of alkyl halides is 3. The molecule has 12 heteroatoms. The third-order valence-corrected chi connectivity index (χ3v) is 7.33. The maximum atomic E-state index is 13.7. The fraction of sp³-hybridized carbons (Fsp3) is 0.308. The SMILES string of the molecule is Cc1ccc(C(=O)Nc2cc(CN3CCC3)c(Cl)c(C(F)(F)F)c2)cc1N1C=C(c2cnn(C)c2C)NN1. The minimum absolute atomic E-state index is 0.0413. The van der Waals surface area contributed by atoms with Gasteiger partial charge in [0.15, 0.2) is 0 Å². The van der Waals surface area contributed by atoms with Crippen LogP contribution in [-0.4, -0.2) is 33.7 Å². The van der Waals surface area contributed by atoms with E-state index in [0.717, 1.165) is 48.1 Å².